The van der Waals surface area contributed by atoms with Crippen LogP contribution < -0.4 is 5.32 Å². The third-order valence-electron chi connectivity index (χ3n) is 2.99. The van der Waals surface area contributed by atoms with Gasteiger partial charge in [0.15, 0.2) is 0 Å². The highest BCUT2D eigenvalue weighted by molar-refractivity contribution is 7.12. The van der Waals surface area contributed by atoms with Crippen LogP contribution in [0.2, 0.25) is 0 Å². The van der Waals surface area contributed by atoms with E-state index < -0.39 is 0 Å². The normalized spacial score (nSPS) is 12.4. The van der Waals surface area contributed by atoms with Gasteiger partial charge in [0.1, 0.15) is 4.88 Å². The van der Waals surface area contributed by atoms with Crippen molar-refractivity contribution in [3.8, 4) is 0 Å². The Bertz CT molecular complexity index is 588. The lowest BCUT2D eigenvalue weighted by atomic mass is 10.1. The third kappa shape index (κ3) is 3.01. The number of hydrogen-bond donors (Lipinski definition) is 1. The van der Waals surface area contributed by atoms with E-state index in [2.05, 4.69) is 34.8 Å². The second-order valence-corrected chi connectivity index (χ2v) is 6.68. The van der Waals surface area contributed by atoms with Gasteiger partial charge in [-0.05, 0) is 50.4 Å². The van der Waals surface area contributed by atoms with Gasteiger partial charge in [-0.15, -0.1) is 16.4 Å². The van der Waals surface area contributed by atoms with Gasteiger partial charge in [0.05, 0.1) is 11.7 Å². The molecule has 0 aromatic carbocycles. The lowest BCUT2D eigenvalue weighted by molar-refractivity contribution is 0.0943. The predicted octanol–water partition coefficient (Wildman–Crippen LogP) is 3.27. The molecule has 1 atom stereocenters. The summed E-state index contributed by atoms with van der Waals surface area (Å²) < 4.78 is 3.85. The molecular formula is C13H17N3OS2. The van der Waals surface area contributed by atoms with Crippen molar-refractivity contribution in [2.24, 2.45) is 0 Å². The number of rotatable bonds is 4. The van der Waals surface area contributed by atoms with Gasteiger partial charge in [-0.2, -0.15) is 0 Å². The van der Waals surface area contributed by atoms with Crippen LogP contribution >= 0.6 is 22.9 Å². The van der Waals surface area contributed by atoms with E-state index in [1.54, 1.807) is 11.3 Å². The molecule has 0 radical (unpaired) electrons. The molecular weight excluding hydrogens is 278 g/mol. The van der Waals surface area contributed by atoms with Crippen molar-refractivity contribution < 1.29 is 4.79 Å². The molecule has 0 saturated carbocycles. The van der Waals surface area contributed by atoms with Crippen LogP contribution in [0, 0.1) is 13.8 Å². The highest BCUT2D eigenvalue weighted by atomic mass is 32.1. The molecule has 6 heteroatoms. The summed E-state index contributed by atoms with van der Waals surface area (Å²) in [4.78, 5) is 15.4. The molecule has 0 spiro atoms. The van der Waals surface area contributed by atoms with E-state index in [0.717, 1.165) is 23.6 Å². The largest absolute Gasteiger partial charge is 0.345 e. The molecule has 0 aliphatic heterocycles. The van der Waals surface area contributed by atoms with Gasteiger partial charge < -0.3 is 5.32 Å². The lowest BCUT2D eigenvalue weighted by Gasteiger charge is -2.13. The van der Waals surface area contributed by atoms with Gasteiger partial charge in [-0.25, -0.2) is 0 Å². The minimum Gasteiger partial charge on any atom is -0.345 e. The average Bonchev–Trinajstić information content (AvgIpc) is 2.95. The molecule has 2 aromatic rings. The summed E-state index contributed by atoms with van der Waals surface area (Å²) >= 11 is 2.91. The van der Waals surface area contributed by atoms with E-state index in [1.165, 1.54) is 15.3 Å². The Balaban J connectivity index is 2.13. The molecule has 2 heterocycles. The number of carbonyl (C=O) groups excluding carboxylic acids is 1. The molecule has 102 valence electrons. The Morgan fingerprint density at radius 2 is 2.21 bits per heavy atom. The monoisotopic (exact) mass is 295 g/mol. The molecule has 1 amide bonds. The molecule has 0 bridgehead atoms. The number of nitrogens with one attached hydrogen (secondary N) is 1. The van der Waals surface area contributed by atoms with Crippen molar-refractivity contribution in [1.29, 1.82) is 0 Å². The van der Waals surface area contributed by atoms with E-state index in [0.29, 0.717) is 4.88 Å². The number of hydrogen-bond acceptors (Lipinski definition) is 5. The van der Waals surface area contributed by atoms with Crippen molar-refractivity contribution in [3.63, 3.8) is 0 Å². The fourth-order valence-corrected chi connectivity index (χ4v) is 3.71. The van der Waals surface area contributed by atoms with Crippen molar-refractivity contribution in [2.45, 2.75) is 40.2 Å². The summed E-state index contributed by atoms with van der Waals surface area (Å²) in [5.74, 6) is -0.0809. The van der Waals surface area contributed by atoms with E-state index in [1.807, 2.05) is 13.8 Å². The zero-order chi connectivity index (χ0) is 14.0. The van der Waals surface area contributed by atoms with E-state index in [4.69, 9.17) is 0 Å². The smallest absolute Gasteiger partial charge is 0.265 e. The van der Waals surface area contributed by atoms with Gasteiger partial charge in [0.2, 0.25) is 0 Å². The highest BCUT2D eigenvalue weighted by Gasteiger charge is 2.19. The standard InChI is InChI=1S/C13H17N3OS2/c1-5-11-12(19-16-15-11)13(17)14-8(3)10-6-7(2)18-9(10)4/h6,8H,5H2,1-4H3,(H,14,17). The van der Waals surface area contributed by atoms with Crippen LogP contribution in [0.3, 0.4) is 0 Å². The van der Waals surface area contributed by atoms with Crippen LogP contribution in [0.25, 0.3) is 0 Å². The molecule has 0 saturated heterocycles. The summed E-state index contributed by atoms with van der Waals surface area (Å²) in [6.07, 6.45) is 0.726. The van der Waals surface area contributed by atoms with Gasteiger partial charge in [0, 0.05) is 9.75 Å². The zero-order valence-electron chi connectivity index (χ0n) is 11.5. The fourth-order valence-electron chi connectivity index (χ4n) is 2.03. The number of amides is 1. The molecule has 2 aromatic heterocycles. The predicted molar refractivity (Wildman–Crippen MR) is 79.0 cm³/mol. The first-order valence-electron chi connectivity index (χ1n) is 6.22. The maximum atomic E-state index is 12.2. The summed E-state index contributed by atoms with van der Waals surface area (Å²) in [5, 5.41) is 6.99. The quantitative estimate of drug-likeness (QED) is 0.942. The SMILES string of the molecule is CCc1nnsc1C(=O)NC(C)c1cc(C)sc1C. The van der Waals surface area contributed by atoms with E-state index in [-0.39, 0.29) is 11.9 Å². The number of carbonyl (C=O) groups is 1. The molecule has 19 heavy (non-hydrogen) atoms. The number of thiophene rings is 1. The molecule has 0 aliphatic rings. The van der Waals surface area contributed by atoms with Gasteiger partial charge in [-0.1, -0.05) is 11.4 Å². The topological polar surface area (TPSA) is 54.9 Å². The number of nitrogens with zero attached hydrogens (tertiary/aromatic N) is 2. The summed E-state index contributed by atoms with van der Waals surface area (Å²) in [6, 6.07) is 2.14. The molecule has 4 nitrogen and oxygen atoms in total. The minimum atomic E-state index is -0.0809. The number of aryl methyl sites for hydroxylation is 3. The first kappa shape index (κ1) is 14.1. The Labute approximate surface area is 121 Å². The van der Waals surface area contributed by atoms with Gasteiger partial charge >= 0.3 is 0 Å². The van der Waals surface area contributed by atoms with E-state index >= 15 is 0 Å². The average molecular weight is 295 g/mol. The molecule has 0 fully saturated rings. The highest BCUT2D eigenvalue weighted by Crippen LogP contribution is 2.26. The lowest BCUT2D eigenvalue weighted by Crippen LogP contribution is -2.26. The Hall–Kier alpha value is -1.27. The molecule has 1 N–H and O–H groups in total. The molecule has 2 rings (SSSR count). The fraction of sp³-hybridized carbons (Fsp3) is 0.462. The van der Waals surface area contributed by atoms with Gasteiger partial charge in [0.25, 0.3) is 5.91 Å². The van der Waals surface area contributed by atoms with Crippen LogP contribution in [0.1, 0.15) is 50.6 Å². The van der Waals surface area contributed by atoms with Crippen LogP contribution in [0.4, 0.5) is 0 Å². The van der Waals surface area contributed by atoms with Crippen molar-refractivity contribution in [1.82, 2.24) is 14.9 Å². The first-order valence-corrected chi connectivity index (χ1v) is 7.81. The van der Waals surface area contributed by atoms with Crippen LogP contribution in [-0.2, 0) is 6.42 Å². The van der Waals surface area contributed by atoms with Crippen LogP contribution in [-0.4, -0.2) is 15.5 Å². The Morgan fingerprint density at radius 3 is 2.79 bits per heavy atom. The second kappa shape index (κ2) is 5.79. The third-order valence-corrected chi connectivity index (χ3v) is 4.74. The van der Waals surface area contributed by atoms with Crippen LogP contribution in [0.15, 0.2) is 6.07 Å². The number of aromatic nitrogens is 2. The Morgan fingerprint density at radius 1 is 1.47 bits per heavy atom. The van der Waals surface area contributed by atoms with Crippen LogP contribution in [0.5, 0.6) is 0 Å². The van der Waals surface area contributed by atoms with E-state index in [9.17, 15) is 4.79 Å². The van der Waals surface area contributed by atoms with Gasteiger partial charge in [-0.3, -0.25) is 4.79 Å². The summed E-state index contributed by atoms with van der Waals surface area (Å²) in [5.41, 5.74) is 1.96. The Kier molecular flexibility index (Phi) is 4.31. The maximum absolute atomic E-state index is 12.2. The molecule has 0 aliphatic carbocycles. The summed E-state index contributed by atoms with van der Waals surface area (Å²) in [6.45, 7) is 8.15. The molecule has 1 unspecified atom stereocenters. The summed E-state index contributed by atoms with van der Waals surface area (Å²) in [7, 11) is 0. The van der Waals surface area contributed by atoms with Crippen molar-refractivity contribution in [2.75, 3.05) is 0 Å². The first-order chi connectivity index (χ1) is 9.02. The zero-order valence-corrected chi connectivity index (χ0v) is 13.1. The van der Waals surface area contributed by atoms with Crippen molar-refractivity contribution in [3.05, 3.63) is 32.0 Å². The second-order valence-electron chi connectivity index (χ2n) is 4.47. The van der Waals surface area contributed by atoms with Crippen molar-refractivity contribution >= 4 is 28.8 Å². The maximum Gasteiger partial charge on any atom is 0.265 e. The minimum absolute atomic E-state index is 0.00394.